The maximum atomic E-state index is 6.44. The fraction of sp³-hybridized carbons (Fsp3) is 0.562. The lowest BCUT2D eigenvalue weighted by molar-refractivity contribution is -0.0212. The molecule has 0 radical (unpaired) electrons. The molecule has 0 aliphatic carbocycles. The molecule has 3 rings (SSSR count). The van der Waals surface area contributed by atoms with Crippen LogP contribution in [-0.4, -0.2) is 24.9 Å². The Morgan fingerprint density at radius 1 is 0.800 bits per heavy atom. The molecular weight excluding hydrogens is 430 g/mol. The Kier molecular flexibility index (Phi) is 13.8. The number of hydrogen-bond donors (Lipinski definition) is 1. The van der Waals surface area contributed by atoms with Crippen molar-refractivity contribution >= 4 is 0 Å². The van der Waals surface area contributed by atoms with Gasteiger partial charge >= 0.3 is 0 Å². The highest BCUT2D eigenvalue weighted by atomic mass is 16.6. The number of benzene rings is 2. The Bertz CT molecular complexity index is 792. The summed E-state index contributed by atoms with van der Waals surface area (Å²) in [6, 6.07) is 21.2. The molecule has 3 heteroatoms. The van der Waals surface area contributed by atoms with Crippen LogP contribution < -0.4 is 5.32 Å². The normalized spacial score (nSPS) is 20.1. The van der Waals surface area contributed by atoms with Gasteiger partial charge in [0, 0.05) is 6.54 Å². The first-order valence-corrected chi connectivity index (χ1v) is 14.1. The van der Waals surface area contributed by atoms with Crippen LogP contribution in [0, 0.1) is 0 Å². The summed E-state index contributed by atoms with van der Waals surface area (Å²) in [6.45, 7) is 4.44. The van der Waals surface area contributed by atoms with Crippen LogP contribution in [0.2, 0.25) is 0 Å². The first kappa shape index (κ1) is 27.6. The summed E-state index contributed by atoms with van der Waals surface area (Å²) in [5.41, 5.74) is 2.50. The van der Waals surface area contributed by atoms with Crippen molar-refractivity contribution < 1.29 is 9.47 Å². The Morgan fingerprint density at radius 3 is 2.11 bits per heavy atom. The molecular formula is C32H47NO2. The second-order valence-corrected chi connectivity index (χ2v) is 9.93. The van der Waals surface area contributed by atoms with Gasteiger partial charge in [0.15, 0.2) is 0 Å². The van der Waals surface area contributed by atoms with Crippen molar-refractivity contribution in [1.29, 1.82) is 0 Å². The second kappa shape index (κ2) is 17.5. The van der Waals surface area contributed by atoms with Crippen molar-refractivity contribution in [2.24, 2.45) is 0 Å². The van der Waals surface area contributed by atoms with E-state index in [1.165, 1.54) is 75.3 Å². The van der Waals surface area contributed by atoms with Crippen LogP contribution in [0.5, 0.6) is 0 Å². The summed E-state index contributed by atoms with van der Waals surface area (Å²) in [5.74, 6) is 0. The van der Waals surface area contributed by atoms with Crippen LogP contribution in [0.4, 0.5) is 0 Å². The predicted octanol–water partition coefficient (Wildman–Crippen LogP) is 8.00. The molecule has 1 aliphatic rings. The highest BCUT2D eigenvalue weighted by Crippen LogP contribution is 2.23. The van der Waals surface area contributed by atoms with E-state index in [9.17, 15) is 0 Å². The van der Waals surface area contributed by atoms with Gasteiger partial charge in [-0.2, -0.15) is 0 Å². The standard InChI is InChI=1S/C32H47NO2/c1-2-3-4-5-6-7-8-9-10-11-12-19-24-31-32(35-26-29-22-17-14-18-23-29)30(27-34-31)33-25-28-20-15-13-16-21-28/h12-23,30-33H,2-11,24-27H2,1H3/b19-12+/t30-,31-,32-/m1/s1. The third kappa shape index (κ3) is 11.1. The average molecular weight is 478 g/mol. The van der Waals surface area contributed by atoms with Crippen LogP contribution >= 0.6 is 0 Å². The van der Waals surface area contributed by atoms with E-state index in [0.29, 0.717) is 13.2 Å². The zero-order valence-electron chi connectivity index (χ0n) is 21.9. The minimum absolute atomic E-state index is 0.0521. The van der Waals surface area contributed by atoms with Gasteiger partial charge in [0.1, 0.15) is 6.10 Å². The fourth-order valence-electron chi connectivity index (χ4n) is 4.81. The largest absolute Gasteiger partial charge is 0.373 e. The van der Waals surface area contributed by atoms with Crippen LogP contribution in [0.1, 0.15) is 88.7 Å². The first-order chi connectivity index (χ1) is 17.4. The number of hydrogen-bond acceptors (Lipinski definition) is 3. The summed E-state index contributed by atoms with van der Waals surface area (Å²) >= 11 is 0. The number of ether oxygens (including phenoxy) is 2. The van der Waals surface area contributed by atoms with Gasteiger partial charge in [0.05, 0.1) is 25.4 Å². The van der Waals surface area contributed by atoms with Crippen molar-refractivity contribution in [1.82, 2.24) is 5.32 Å². The van der Waals surface area contributed by atoms with Crippen molar-refractivity contribution in [2.45, 2.75) is 109 Å². The predicted molar refractivity (Wildman–Crippen MR) is 147 cm³/mol. The van der Waals surface area contributed by atoms with E-state index in [1.807, 2.05) is 6.07 Å². The van der Waals surface area contributed by atoms with Crippen LogP contribution in [-0.2, 0) is 22.6 Å². The van der Waals surface area contributed by atoms with E-state index >= 15 is 0 Å². The van der Waals surface area contributed by atoms with Gasteiger partial charge in [-0.3, -0.25) is 0 Å². The van der Waals surface area contributed by atoms with E-state index in [2.05, 4.69) is 79.0 Å². The van der Waals surface area contributed by atoms with Gasteiger partial charge in [0.25, 0.3) is 0 Å². The van der Waals surface area contributed by atoms with E-state index in [0.717, 1.165) is 13.0 Å². The average Bonchev–Trinajstić information content (AvgIpc) is 3.29. The molecule has 0 spiro atoms. The molecule has 3 nitrogen and oxygen atoms in total. The second-order valence-electron chi connectivity index (χ2n) is 9.93. The monoisotopic (exact) mass is 477 g/mol. The molecule has 1 aliphatic heterocycles. The molecule has 192 valence electrons. The Hall–Kier alpha value is -1.94. The summed E-state index contributed by atoms with van der Waals surface area (Å²) in [6.07, 6.45) is 19.3. The number of allylic oxidation sites excluding steroid dienone is 1. The highest BCUT2D eigenvalue weighted by molar-refractivity contribution is 5.15. The first-order valence-electron chi connectivity index (χ1n) is 14.1. The lowest BCUT2D eigenvalue weighted by atomic mass is 10.0. The topological polar surface area (TPSA) is 30.5 Å². The van der Waals surface area contributed by atoms with Gasteiger partial charge in [-0.25, -0.2) is 0 Å². The SMILES string of the molecule is CCCCCCCCCCC/C=C/C[C@H]1OC[C@@H](NCc2ccccc2)[C@H]1OCc1ccccc1. The van der Waals surface area contributed by atoms with E-state index < -0.39 is 0 Å². The van der Waals surface area contributed by atoms with Crippen molar-refractivity contribution in [3.8, 4) is 0 Å². The third-order valence-corrected chi connectivity index (χ3v) is 6.96. The van der Waals surface area contributed by atoms with Crippen molar-refractivity contribution in [3.63, 3.8) is 0 Å². The molecule has 2 aromatic carbocycles. The molecule has 1 saturated heterocycles. The van der Waals surface area contributed by atoms with Gasteiger partial charge in [0.2, 0.25) is 0 Å². The van der Waals surface area contributed by atoms with Crippen LogP contribution in [0.15, 0.2) is 72.8 Å². The maximum Gasteiger partial charge on any atom is 0.102 e. The van der Waals surface area contributed by atoms with Gasteiger partial charge in [-0.15, -0.1) is 0 Å². The van der Waals surface area contributed by atoms with Gasteiger partial charge in [-0.05, 0) is 30.4 Å². The van der Waals surface area contributed by atoms with Crippen molar-refractivity contribution in [3.05, 3.63) is 83.9 Å². The van der Waals surface area contributed by atoms with E-state index in [1.54, 1.807) is 0 Å². The molecule has 0 amide bonds. The molecule has 0 saturated carbocycles. The fourth-order valence-corrected chi connectivity index (χ4v) is 4.81. The third-order valence-electron chi connectivity index (χ3n) is 6.96. The summed E-state index contributed by atoms with van der Waals surface area (Å²) in [5, 5.41) is 3.69. The Balaban J connectivity index is 1.38. The number of nitrogens with one attached hydrogen (secondary N) is 1. The molecule has 0 unspecified atom stereocenters. The van der Waals surface area contributed by atoms with E-state index in [4.69, 9.17) is 9.47 Å². The Morgan fingerprint density at radius 2 is 1.43 bits per heavy atom. The Labute approximate surface area is 214 Å². The van der Waals surface area contributed by atoms with Crippen LogP contribution in [0.3, 0.4) is 0 Å². The molecule has 0 bridgehead atoms. The number of unbranched alkanes of at least 4 members (excludes halogenated alkanes) is 9. The molecule has 2 aromatic rings. The molecule has 0 aromatic heterocycles. The zero-order chi connectivity index (χ0) is 24.4. The zero-order valence-corrected chi connectivity index (χ0v) is 21.9. The molecule has 1 fully saturated rings. The highest BCUT2D eigenvalue weighted by Gasteiger charge is 2.37. The summed E-state index contributed by atoms with van der Waals surface area (Å²) in [7, 11) is 0. The molecule has 35 heavy (non-hydrogen) atoms. The number of rotatable bonds is 18. The molecule has 1 heterocycles. The maximum absolute atomic E-state index is 6.44. The van der Waals surface area contributed by atoms with Crippen molar-refractivity contribution in [2.75, 3.05) is 6.61 Å². The van der Waals surface area contributed by atoms with Gasteiger partial charge < -0.3 is 14.8 Å². The smallest absolute Gasteiger partial charge is 0.102 e. The lowest BCUT2D eigenvalue weighted by Gasteiger charge is -2.24. The summed E-state index contributed by atoms with van der Waals surface area (Å²) < 4.78 is 12.7. The van der Waals surface area contributed by atoms with Gasteiger partial charge in [-0.1, -0.05) is 131 Å². The minimum atomic E-state index is 0.0521. The molecule has 3 atom stereocenters. The van der Waals surface area contributed by atoms with Crippen LogP contribution in [0.25, 0.3) is 0 Å². The minimum Gasteiger partial charge on any atom is -0.373 e. The summed E-state index contributed by atoms with van der Waals surface area (Å²) in [4.78, 5) is 0. The molecule has 1 N–H and O–H groups in total. The quantitative estimate of drug-likeness (QED) is 0.174. The lowest BCUT2D eigenvalue weighted by Crippen LogP contribution is -2.42. The van der Waals surface area contributed by atoms with E-state index in [-0.39, 0.29) is 18.2 Å².